The topological polar surface area (TPSA) is 64.7 Å². The summed E-state index contributed by atoms with van der Waals surface area (Å²) >= 11 is 0. The highest BCUT2D eigenvalue weighted by Crippen LogP contribution is 2.10. The van der Waals surface area contributed by atoms with Gasteiger partial charge in [-0.25, -0.2) is 4.98 Å². The van der Waals surface area contributed by atoms with Crippen LogP contribution in [0.5, 0.6) is 0 Å². The molecule has 0 aliphatic rings. The fourth-order valence-electron chi connectivity index (χ4n) is 2.13. The fourth-order valence-corrected chi connectivity index (χ4v) is 2.13. The Morgan fingerprint density at radius 1 is 1.18 bits per heavy atom. The Morgan fingerprint density at radius 2 is 1.95 bits per heavy atom. The van der Waals surface area contributed by atoms with Crippen molar-refractivity contribution in [2.75, 3.05) is 5.32 Å². The molecule has 6 heteroatoms. The van der Waals surface area contributed by atoms with Crippen LogP contribution in [0.25, 0.3) is 0 Å². The fraction of sp³-hybridized carbons (Fsp3) is 0.562. The van der Waals surface area contributed by atoms with Gasteiger partial charge in [0.2, 0.25) is 0 Å². The van der Waals surface area contributed by atoms with Crippen molar-refractivity contribution >= 4 is 11.6 Å². The van der Waals surface area contributed by atoms with Crippen LogP contribution in [0.15, 0.2) is 29.5 Å². The lowest BCUT2D eigenvalue weighted by molar-refractivity contribution is 0.488. The maximum absolute atomic E-state index is 12.3. The quantitative estimate of drug-likeness (QED) is 0.854. The Balaban J connectivity index is 2.09. The van der Waals surface area contributed by atoms with Gasteiger partial charge in [-0.1, -0.05) is 27.7 Å². The second kappa shape index (κ2) is 7.24. The van der Waals surface area contributed by atoms with Crippen LogP contribution in [0.1, 0.15) is 34.1 Å². The number of hydrogen-bond donors (Lipinski definition) is 1. The van der Waals surface area contributed by atoms with E-state index in [1.807, 2.05) is 16.9 Å². The van der Waals surface area contributed by atoms with Gasteiger partial charge in [0.15, 0.2) is 11.6 Å². The number of rotatable bonds is 7. The second-order valence-corrected chi connectivity index (χ2v) is 6.40. The molecule has 0 atom stereocenters. The van der Waals surface area contributed by atoms with Crippen molar-refractivity contribution < 1.29 is 0 Å². The second-order valence-electron chi connectivity index (χ2n) is 6.40. The van der Waals surface area contributed by atoms with Gasteiger partial charge in [0, 0.05) is 37.7 Å². The monoisotopic (exact) mass is 303 g/mol. The molecule has 0 aliphatic heterocycles. The zero-order valence-electron chi connectivity index (χ0n) is 13.8. The molecule has 6 nitrogen and oxygen atoms in total. The third-order valence-electron chi connectivity index (χ3n) is 3.30. The highest BCUT2D eigenvalue weighted by atomic mass is 16.1. The van der Waals surface area contributed by atoms with Crippen molar-refractivity contribution in [3.05, 3.63) is 35.0 Å². The largest absolute Gasteiger partial charge is 0.319 e. The first kappa shape index (κ1) is 16.3. The molecule has 0 aromatic carbocycles. The van der Waals surface area contributed by atoms with Gasteiger partial charge < -0.3 is 9.88 Å². The molecule has 1 N–H and O–H groups in total. The summed E-state index contributed by atoms with van der Waals surface area (Å²) in [7, 11) is 0. The SMILES string of the molecule is CC(C)CCn1ccc(Nc2nccn(CC(C)C)c2=O)n1. The molecule has 0 unspecified atom stereocenters. The van der Waals surface area contributed by atoms with Crippen LogP contribution in [-0.2, 0) is 13.1 Å². The summed E-state index contributed by atoms with van der Waals surface area (Å²) in [4.78, 5) is 16.5. The van der Waals surface area contributed by atoms with Crippen LogP contribution in [0, 0.1) is 11.8 Å². The average molecular weight is 303 g/mol. The Hall–Kier alpha value is -2.11. The first-order chi connectivity index (χ1) is 10.5. The summed E-state index contributed by atoms with van der Waals surface area (Å²) in [5.41, 5.74) is -0.118. The van der Waals surface area contributed by atoms with E-state index in [1.54, 1.807) is 17.0 Å². The van der Waals surface area contributed by atoms with Gasteiger partial charge in [0.05, 0.1) is 0 Å². The van der Waals surface area contributed by atoms with Crippen molar-refractivity contribution in [1.82, 2.24) is 19.3 Å². The van der Waals surface area contributed by atoms with Crippen LogP contribution in [0.2, 0.25) is 0 Å². The predicted octanol–water partition coefficient (Wildman–Crippen LogP) is 2.89. The average Bonchev–Trinajstić information content (AvgIpc) is 2.88. The van der Waals surface area contributed by atoms with Crippen molar-refractivity contribution in [2.45, 2.75) is 47.2 Å². The van der Waals surface area contributed by atoms with Crippen LogP contribution >= 0.6 is 0 Å². The van der Waals surface area contributed by atoms with Crippen molar-refractivity contribution in [3.8, 4) is 0 Å². The minimum atomic E-state index is -0.118. The minimum absolute atomic E-state index is 0.118. The molecule has 0 aliphatic carbocycles. The normalized spacial score (nSPS) is 11.4. The molecule has 22 heavy (non-hydrogen) atoms. The van der Waals surface area contributed by atoms with Crippen molar-refractivity contribution in [3.63, 3.8) is 0 Å². The van der Waals surface area contributed by atoms with Crippen molar-refractivity contribution in [2.24, 2.45) is 11.8 Å². The van der Waals surface area contributed by atoms with E-state index in [1.165, 1.54) is 0 Å². The number of anilines is 2. The Labute approximate surface area is 131 Å². The number of hydrogen-bond acceptors (Lipinski definition) is 4. The van der Waals surface area contributed by atoms with E-state index in [2.05, 4.69) is 43.1 Å². The van der Waals surface area contributed by atoms with Crippen LogP contribution < -0.4 is 10.9 Å². The summed E-state index contributed by atoms with van der Waals surface area (Å²) in [6.45, 7) is 10.1. The van der Waals surface area contributed by atoms with Gasteiger partial charge in [-0.15, -0.1) is 0 Å². The number of nitrogens with one attached hydrogen (secondary N) is 1. The highest BCUT2D eigenvalue weighted by molar-refractivity contribution is 5.49. The number of aryl methyl sites for hydroxylation is 1. The Bertz CT molecular complexity index is 657. The minimum Gasteiger partial charge on any atom is -0.319 e. The molecule has 0 saturated heterocycles. The van der Waals surface area contributed by atoms with Gasteiger partial charge in [0.1, 0.15) is 0 Å². The first-order valence-electron chi connectivity index (χ1n) is 7.81. The zero-order valence-corrected chi connectivity index (χ0v) is 13.8. The van der Waals surface area contributed by atoms with E-state index in [4.69, 9.17) is 0 Å². The van der Waals surface area contributed by atoms with Gasteiger partial charge in [0.25, 0.3) is 5.56 Å². The lowest BCUT2D eigenvalue weighted by Crippen LogP contribution is -2.25. The number of aromatic nitrogens is 4. The molecular weight excluding hydrogens is 278 g/mol. The summed E-state index contributed by atoms with van der Waals surface area (Å²) in [5.74, 6) is 2.01. The standard InChI is InChI=1S/C16H25N5O/c1-12(2)5-8-21-9-6-14(19-21)18-15-16(22)20(10-7-17-15)11-13(3)4/h6-7,9-10,12-13H,5,8,11H2,1-4H3,(H,17,18,19). The molecule has 0 fully saturated rings. The van der Waals surface area contributed by atoms with Crippen molar-refractivity contribution in [1.29, 1.82) is 0 Å². The molecule has 0 spiro atoms. The molecule has 120 valence electrons. The van der Waals surface area contributed by atoms with E-state index in [0.717, 1.165) is 13.0 Å². The third-order valence-corrected chi connectivity index (χ3v) is 3.30. The van der Waals surface area contributed by atoms with Gasteiger partial charge in [-0.2, -0.15) is 5.10 Å². The summed E-state index contributed by atoms with van der Waals surface area (Å²) in [6, 6.07) is 1.86. The van der Waals surface area contributed by atoms with E-state index < -0.39 is 0 Å². The molecule has 2 aromatic rings. The predicted molar refractivity (Wildman–Crippen MR) is 88.3 cm³/mol. The van der Waals surface area contributed by atoms with E-state index in [0.29, 0.717) is 30.0 Å². The summed E-state index contributed by atoms with van der Waals surface area (Å²) in [5, 5.41) is 7.44. The smallest absolute Gasteiger partial charge is 0.293 e. The lowest BCUT2D eigenvalue weighted by Gasteiger charge is -2.09. The maximum atomic E-state index is 12.3. The molecular formula is C16H25N5O. The molecule has 2 rings (SSSR count). The Kier molecular flexibility index (Phi) is 5.35. The molecule has 0 amide bonds. The van der Waals surface area contributed by atoms with Crippen LogP contribution in [0.4, 0.5) is 11.6 Å². The Morgan fingerprint density at radius 3 is 2.64 bits per heavy atom. The summed E-state index contributed by atoms with van der Waals surface area (Å²) < 4.78 is 3.56. The zero-order chi connectivity index (χ0) is 16.1. The highest BCUT2D eigenvalue weighted by Gasteiger charge is 2.08. The van der Waals surface area contributed by atoms with E-state index >= 15 is 0 Å². The van der Waals surface area contributed by atoms with Crippen LogP contribution in [0.3, 0.4) is 0 Å². The molecule has 0 saturated carbocycles. The van der Waals surface area contributed by atoms with Crippen LogP contribution in [-0.4, -0.2) is 19.3 Å². The maximum Gasteiger partial charge on any atom is 0.293 e. The summed E-state index contributed by atoms with van der Waals surface area (Å²) in [6.07, 6.45) is 6.35. The first-order valence-corrected chi connectivity index (χ1v) is 7.81. The molecule has 2 aromatic heterocycles. The third kappa shape index (κ3) is 4.44. The van der Waals surface area contributed by atoms with Gasteiger partial charge >= 0.3 is 0 Å². The van der Waals surface area contributed by atoms with E-state index in [9.17, 15) is 4.79 Å². The van der Waals surface area contributed by atoms with Gasteiger partial charge in [-0.05, 0) is 18.3 Å². The molecule has 0 radical (unpaired) electrons. The number of nitrogens with zero attached hydrogens (tertiary/aromatic N) is 4. The lowest BCUT2D eigenvalue weighted by atomic mass is 10.1. The van der Waals surface area contributed by atoms with E-state index in [-0.39, 0.29) is 5.56 Å². The molecule has 2 heterocycles. The van der Waals surface area contributed by atoms with Gasteiger partial charge in [-0.3, -0.25) is 9.48 Å². The molecule has 0 bridgehead atoms.